The van der Waals surface area contributed by atoms with E-state index >= 15 is 0 Å². The lowest BCUT2D eigenvalue weighted by molar-refractivity contribution is -0.119. The molecule has 0 aromatic heterocycles. The summed E-state index contributed by atoms with van der Waals surface area (Å²) in [5, 5.41) is 3.11. The third-order valence-corrected chi connectivity index (χ3v) is 6.39. The van der Waals surface area contributed by atoms with Gasteiger partial charge in [0.05, 0.1) is 17.6 Å². The van der Waals surface area contributed by atoms with Crippen LogP contribution >= 0.6 is 11.6 Å². The minimum absolute atomic E-state index is 0.0145. The Morgan fingerprint density at radius 2 is 1.70 bits per heavy atom. The highest BCUT2D eigenvalue weighted by Crippen LogP contribution is 2.23. The maximum Gasteiger partial charge on any atom is 0.338 e. The van der Waals surface area contributed by atoms with Crippen LogP contribution in [0.1, 0.15) is 15.9 Å². The zero-order chi connectivity index (χ0) is 24.0. The maximum atomic E-state index is 12.7. The van der Waals surface area contributed by atoms with Gasteiger partial charge in [-0.2, -0.15) is 0 Å². The van der Waals surface area contributed by atoms with Crippen molar-refractivity contribution in [2.75, 3.05) is 23.8 Å². The van der Waals surface area contributed by atoms with Gasteiger partial charge in [-0.1, -0.05) is 23.7 Å². The molecule has 0 aliphatic carbocycles. The number of esters is 1. The van der Waals surface area contributed by atoms with E-state index in [4.69, 9.17) is 21.1 Å². The Kier molecular flexibility index (Phi) is 7.57. The Balaban J connectivity index is 1.64. The first-order valence-electron chi connectivity index (χ1n) is 9.68. The molecule has 1 amide bonds. The number of hydrogen-bond donors (Lipinski definition) is 2. The van der Waals surface area contributed by atoms with Crippen LogP contribution in [-0.4, -0.2) is 34.0 Å². The van der Waals surface area contributed by atoms with E-state index in [-0.39, 0.29) is 10.5 Å². The van der Waals surface area contributed by atoms with Crippen LogP contribution in [-0.2, 0) is 19.6 Å². The number of hydrogen-bond acceptors (Lipinski definition) is 6. The molecule has 0 heterocycles. The van der Waals surface area contributed by atoms with Crippen molar-refractivity contribution in [2.45, 2.75) is 11.8 Å². The molecule has 2 N–H and O–H groups in total. The molecule has 0 aliphatic heterocycles. The molecule has 0 spiro atoms. The van der Waals surface area contributed by atoms with Gasteiger partial charge in [0, 0.05) is 16.4 Å². The predicted octanol–water partition coefficient (Wildman–Crippen LogP) is 4.25. The average Bonchev–Trinajstić information content (AvgIpc) is 2.81. The SMILES string of the molecule is COc1ccc(NS(=O)(=O)c2cccc(C(=O)OCC(=O)Nc3cccc(Cl)c3C)c2)cc1. The predicted molar refractivity (Wildman–Crippen MR) is 125 cm³/mol. The van der Waals surface area contributed by atoms with Crippen LogP contribution in [0.5, 0.6) is 5.75 Å². The van der Waals surface area contributed by atoms with E-state index in [2.05, 4.69) is 10.0 Å². The van der Waals surface area contributed by atoms with E-state index in [9.17, 15) is 18.0 Å². The Morgan fingerprint density at radius 1 is 1.00 bits per heavy atom. The summed E-state index contributed by atoms with van der Waals surface area (Å²) in [6.45, 7) is 1.20. The molecule has 3 aromatic rings. The lowest BCUT2D eigenvalue weighted by Gasteiger charge is -2.11. The quantitative estimate of drug-likeness (QED) is 0.458. The molecule has 33 heavy (non-hydrogen) atoms. The Labute approximate surface area is 196 Å². The van der Waals surface area contributed by atoms with Gasteiger partial charge >= 0.3 is 5.97 Å². The van der Waals surface area contributed by atoms with Crippen LogP contribution in [0.3, 0.4) is 0 Å². The van der Waals surface area contributed by atoms with E-state index < -0.39 is 28.5 Å². The molecule has 8 nitrogen and oxygen atoms in total. The fourth-order valence-electron chi connectivity index (χ4n) is 2.81. The van der Waals surface area contributed by atoms with Crippen LogP contribution in [0.15, 0.2) is 71.6 Å². The first kappa shape index (κ1) is 24.1. The topological polar surface area (TPSA) is 111 Å². The maximum absolute atomic E-state index is 12.7. The second-order valence-corrected chi connectivity index (χ2v) is 8.99. The molecule has 3 rings (SSSR count). The molecule has 0 saturated heterocycles. The normalized spacial score (nSPS) is 10.9. The largest absolute Gasteiger partial charge is 0.497 e. The smallest absolute Gasteiger partial charge is 0.338 e. The Morgan fingerprint density at radius 3 is 2.39 bits per heavy atom. The van der Waals surface area contributed by atoms with Gasteiger partial charge in [0.15, 0.2) is 6.61 Å². The van der Waals surface area contributed by atoms with Crippen LogP contribution in [0.2, 0.25) is 5.02 Å². The molecule has 0 radical (unpaired) electrons. The molecule has 172 valence electrons. The number of anilines is 2. The van der Waals surface area contributed by atoms with Crippen molar-refractivity contribution in [3.05, 3.63) is 82.9 Å². The molecule has 0 atom stereocenters. The van der Waals surface area contributed by atoms with Crippen molar-refractivity contribution in [1.82, 2.24) is 0 Å². The standard InChI is InChI=1S/C23H21ClN2O6S/c1-15-20(24)7-4-8-21(15)25-22(27)14-32-23(28)16-5-3-6-19(13-16)33(29,30)26-17-9-11-18(31-2)12-10-17/h3-13,26H,14H2,1-2H3,(H,25,27). The van der Waals surface area contributed by atoms with Gasteiger partial charge in [0.2, 0.25) is 0 Å². The molecule has 0 saturated carbocycles. The summed E-state index contributed by atoms with van der Waals surface area (Å²) in [5.41, 5.74) is 1.50. The summed E-state index contributed by atoms with van der Waals surface area (Å²) in [6.07, 6.45) is 0. The van der Waals surface area contributed by atoms with Crippen LogP contribution < -0.4 is 14.8 Å². The molecule has 3 aromatic carbocycles. The first-order valence-corrected chi connectivity index (χ1v) is 11.5. The number of amides is 1. The summed E-state index contributed by atoms with van der Waals surface area (Å²) in [7, 11) is -2.45. The van der Waals surface area contributed by atoms with E-state index in [0.29, 0.717) is 27.7 Å². The third kappa shape index (κ3) is 6.24. The van der Waals surface area contributed by atoms with Crippen molar-refractivity contribution >= 4 is 44.9 Å². The third-order valence-electron chi connectivity index (χ3n) is 4.60. The summed E-state index contributed by atoms with van der Waals surface area (Å²) >= 11 is 6.02. The number of rotatable bonds is 8. The van der Waals surface area contributed by atoms with E-state index in [0.717, 1.165) is 0 Å². The summed E-state index contributed by atoms with van der Waals surface area (Å²) in [4.78, 5) is 24.4. The summed E-state index contributed by atoms with van der Waals surface area (Å²) in [6, 6.07) is 16.7. The minimum Gasteiger partial charge on any atom is -0.497 e. The molecule has 0 bridgehead atoms. The van der Waals surface area contributed by atoms with Crippen molar-refractivity contribution in [2.24, 2.45) is 0 Å². The van der Waals surface area contributed by atoms with Crippen molar-refractivity contribution in [3.63, 3.8) is 0 Å². The van der Waals surface area contributed by atoms with Crippen molar-refractivity contribution < 1.29 is 27.5 Å². The number of ether oxygens (including phenoxy) is 2. The Hall–Kier alpha value is -3.56. The fraction of sp³-hybridized carbons (Fsp3) is 0.130. The van der Waals surface area contributed by atoms with Crippen LogP contribution in [0.25, 0.3) is 0 Å². The first-order chi connectivity index (χ1) is 15.7. The van der Waals surface area contributed by atoms with Gasteiger partial charge in [-0.15, -0.1) is 0 Å². The van der Waals surface area contributed by atoms with E-state index in [1.807, 2.05) is 0 Å². The van der Waals surface area contributed by atoms with Gasteiger partial charge in [0.25, 0.3) is 15.9 Å². The van der Waals surface area contributed by atoms with Crippen LogP contribution in [0, 0.1) is 6.92 Å². The number of methoxy groups -OCH3 is 1. The van der Waals surface area contributed by atoms with Gasteiger partial charge in [-0.3, -0.25) is 9.52 Å². The molecule has 10 heteroatoms. The van der Waals surface area contributed by atoms with Gasteiger partial charge in [0.1, 0.15) is 5.75 Å². The van der Waals surface area contributed by atoms with Gasteiger partial charge in [-0.25, -0.2) is 13.2 Å². The van der Waals surface area contributed by atoms with Gasteiger partial charge in [-0.05, 0) is 67.1 Å². The molecular weight excluding hydrogens is 468 g/mol. The number of carbonyl (C=O) groups excluding carboxylic acids is 2. The molecular formula is C23H21ClN2O6S. The number of sulfonamides is 1. The average molecular weight is 489 g/mol. The van der Waals surface area contributed by atoms with Crippen molar-refractivity contribution in [1.29, 1.82) is 0 Å². The second kappa shape index (κ2) is 10.4. The number of halogens is 1. The van der Waals surface area contributed by atoms with Crippen LogP contribution in [0.4, 0.5) is 11.4 Å². The highest BCUT2D eigenvalue weighted by atomic mass is 35.5. The fourth-order valence-corrected chi connectivity index (χ4v) is 4.09. The second-order valence-electron chi connectivity index (χ2n) is 6.90. The Bertz CT molecular complexity index is 1280. The zero-order valence-electron chi connectivity index (χ0n) is 17.8. The lowest BCUT2D eigenvalue weighted by atomic mass is 10.2. The lowest BCUT2D eigenvalue weighted by Crippen LogP contribution is -2.21. The molecule has 0 fully saturated rings. The summed E-state index contributed by atoms with van der Waals surface area (Å²) in [5.74, 6) is -0.814. The van der Waals surface area contributed by atoms with Crippen molar-refractivity contribution in [3.8, 4) is 5.75 Å². The highest BCUT2D eigenvalue weighted by molar-refractivity contribution is 7.92. The number of nitrogens with one attached hydrogen (secondary N) is 2. The zero-order valence-corrected chi connectivity index (χ0v) is 19.4. The number of carbonyl (C=O) groups is 2. The van der Waals surface area contributed by atoms with E-state index in [1.165, 1.54) is 31.4 Å². The molecule has 0 aliphatic rings. The monoisotopic (exact) mass is 488 g/mol. The van der Waals surface area contributed by atoms with Gasteiger partial charge < -0.3 is 14.8 Å². The highest BCUT2D eigenvalue weighted by Gasteiger charge is 2.18. The minimum atomic E-state index is -3.96. The summed E-state index contributed by atoms with van der Waals surface area (Å²) < 4.78 is 37.9. The number of benzene rings is 3. The van der Waals surface area contributed by atoms with E-state index in [1.54, 1.807) is 49.4 Å². The molecule has 0 unspecified atom stereocenters.